The zero-order valence-corrected chi connectivity index (χ0v) is 15.8. The van der Waals surface area contributed by atoms with Gasteiger partial charge in [0.15, 0.2) is 0 Å². The second-order valence-corrected chi connectivity index (χ2v) is 6.77. The highest BCUT2D eigenvalue weighted by atomic mass is 19.1. The Kier molecular flexibility index (Phi) is 5.16. The predicted molar refractivity (Wildman–Crippen MR) is 109 cm³/mol. The van der Waals surface area contributed by atoms with Gasteiger partial charge in [0.25, 0.3) is 5.91 Å². The number of hydrogen-bond donors (Lipinski definition) is 1. The van der Waals surface area contributed by atoms with E-state index in [1.54, 1.807) is 42.7 Å². The van der Waals surface area contributed by atoms with E-state index in [0.29, 0.717) is 12.1 Å². The summed E-state index contributed by atoms with van der Waals surface area (Å²) in [6, 6.07) is 17.7. The number of aromatic nitrogens is 3. The zero-order chi connectivity index (χ0) is 20.2. The SMILES string of the molecule is CN(Cc1cn[nH]c1-c1ccccc1)C(=O)c1cc(F)cc(-c2cccnc2)c1. The van der Waals surface area contributed by atoms with Gasteiger partial charge in [-0.25, -0.2) is 4.39 Å². The highest BCUT2D eigenvalue weighted by molar-refractivity contribution is 5.95. The number of H-pyrrole nitrogens is 1. The fourth-order valence-electron chi connectivity index (χ4n) is 3.25. The first-order chi connectivity index (χ1) is 14.1. The Morgan fingerprint density at radius 3 is 2.55 bits per heavy atom. The third-order valence-electron chi connectivity index (χ3n) is 4.67. The van der Waals surface area contributed by atoms with Crippen molar-refractivity contribution in [1.29, 1.82) is 0 Å². The summed E-state index contributed by atoms with van der Waals surface area (Å²) in [6.45, 7) is 0.346. The molecule has 0 aliphatic rings. The Balaban J connectivity index is 1.58. The number of carbonyl (C=O) groups excluding carboxylic acids is 1. The maximum atomic E-state index is 14.2. The largest absolute Gasteiger partial charge is 0.337 e. The quantitative estimate of drug-likeness (QED) is 0.547. The van der Waals surface area contributed by atoms with Crippen LogP contribution in [0.3, 0.4) is 0 Å². The van der Waals surface area contributed by atoms with Gasteiger partial charge in [-0.05, 0) is 35.4 Å². The molecule has 0 unspecified atom stereocenters. The van der Waals surface area contributed by atoms with Crippen LogP contribution in [0.15, 0.2) is 79.3 Å². The third kappa shape index (κ3) is 4.06. The van der Waals surface area contributed by atoms with E-state index in [9.17, 15) is 9.18 Å². The summed E-state index contributed by atoms with van der Waals surface area (Å²) in [5.41, 5.74) is 4.39. The Bertz CT molecular complexity index is 1130. The average molecular weight is 386 g/mol. The monoisotopic (exact) mass is 386 g/mol. The maximum Gasteiger partial charge on any atom is 0.254 e. The van der Waals surface area contributed by atoms with Crippen molar-refractivity contribution in [3.05, 3.63) is 96.2 Å². The summed E-state index contributed by atoms with van der Waals surface area (Å²) in [4.78, 5) is 18.6. The number of nitrogens with one attached hydrogen (secondary N) is 1. The van der Waals surface area contributed by atoms with E-state index in [1.807, 2.05) is 36.4 Å². The minimum absolute atomic E-state index is 0.269. The van der Waals surface area contributed by atoms with E-state index in [1.165, 1.54) is 12.1 Å². The van der Waals surface area contributed by atoms with Gasteiger partial charge in [-0.3, -0.25) is 14.9 Å². The molecule has 2 aromatic heterocycles. The second-order valence-electron chi connectivity index (χ2n) is 6.77. The van der Waals surface area contributed by atoms with Crippen molar-refractivity contribution in [2.75, 3.05) is 7.05 Å². The highest BCUT2D eigenvalue weighted by Gasteiger charge is 2.17. The van der Waals surface area contributed by atoms with E-state index < -0.39 is 5.82 Å². The lowest BCUT2D eigenvalue weighted by Gasteiger charge is -2.18. The van der Waals surface area contributed by atoms with E-state index >= 15 is 0 Å². The van der Waals surface area contributed by atoms with Crippen LogP contribution < -0.4 is 0 Å². The average Bonchev–Trinajstić information content (AvgIpc) is 3.22. The minimum Gasteiger partial charge on any atom is -0.337 e. The smallest absolute Gasteiger partial charge is 0.254 e. The third-order valence-corrected chi connectivity index (χ3v) is 4.67. The van der Waals surface area contributed by atoms with Crippen LogP contribution in [0, 0.1) is 5.82 Å². The summed E-state index contributed by atoms with van der Waals surface area (Å²) in [5, 5.41) is 7.11. The van der Waals surface area contributed by atoms with Gasteiger partial charge in [0.05, 0.1) is 11.9 Å². The number of hydrogen-bond acceptors (Lipinski definition) is 3. The number of amides is 1. The molecular formula is C23H19FN4O. The Labute approximate surface area is 167 Å². The first-order valence-corrected chi connectivity index (χ1v) is 9.16. The molecular weight excluding hydrogens is 367 g/mol. The number of rotatable bonds is 5. The lowest BCUT2D eigenvalue weighted by molar-refractivity contribution is 0.0785. The summed E-state index contributed by atoms with van der Waals surface area (Å²) in [6.07, 6.45) is 5.00. The molecule has 0 fully saturated rings. The van der Waals surface area contributed by atoms with Crippen LogP contribution in [-0.2, 0) is 6.54 Å². The van der Waals surface area contributed by atoms with Gasteiger partial charge in [0.1, 0.15) is 5.82 Å². The molecule has 4 aromatic rings. The zero-order valence-electron chi connectivity index (χ0n) is 15.8. The normalized spacial score (nSPS) is 10.7. The van der Waals surface area contributed by atoms with Gasteiger partial charge in [-0.15, -0.1) is 0 Å². The van der Waals surface area contributed by atoms with Gasteiger partial charge in [0.2, 0.25) is 0 Å². The standard InChI is InChI=1S/C23H19FN4O/c1-28(15-20-14-26-27-22(20)16-6-3-2-4-7-16)23(29)19-10-18(11-21(24)12-19)17-8-5-9-25-13-17/h2-14H,15H2,1H3,(H,26,27). The number of halogens is 1. The highest BCUT2D eigenvalue weighted by Crippen LogP contribution is 2.24. The fraction of sp³-hybridized carbons (Fsp3) is 0.0870. The fourth-order valence-corrected chi connectivity index (χ4v) is 3.25. The summed E-state index contributed by atoms with van der Waals surface area (Å²) < 4.78 is 14.2. The summed E-state index contributed by atoms with van der Waals surface area (Å²) >= 11 is 0. The van der Waals surface area contributed by atoms with Crippen molar-refractivity contribution < 1.29 is 9.18 Å². The van der Waals surface area contributed by atoms with E-state index in [4.69, 9.17) is 0 Å². The first kappa shape index (κ1) is 18.6. The van der Waals surface area contributed by atoms with E-state index in [-0.39, 0.29) is 11.5 Å². The molecule has 6 heteroatoms. The molecule has 0 aliphatic carbocycles. The van der Waals surface area contributed by atoms with Gasteiger partial charge in [0, 0.05) is 42.7 Å². The van der Waals surface area contributed by atoms with Crippen molar-refractivity contribution in [2.45, 2.75) is 6.54 Å². The molecule has 0 saturated heterocycles. The Morgan fingerprint density at radius 2 is 1.79 bits per heavy atom. The predicted octanol–water partition coefficient (Wildman–Crippen LogP) is 4.55. The summed E-state index contributed by atoms with van der Waals surface area (Å²) in [7, 11) is 1.69. The van der Waals surface area contributed by atoms with Gasteiger partial charge in [-0.2, -0.15) is 5.10 Å². The van der Waals surface area contributed by atoms with Crippen LogP contribution in [0.1, 0.15) is 15.9 Å². The molecule has 1 amide bonds. The summed E-state index contributed by atoms with van der Waals surface area (Å²) in [5.74, 6) is -0.730. The van der Waals surface area contributed by atoms with Crippen LogP contribution in [0.25, 0.3) is 22.4 Å². The molecule has 5 nitrogen and oxygen atoms in total. The first-order valence-electron chi connectivity index (χ1n) is 9.16. The molecule has 0 bridgehead atoms. The maximum absolute atomic E-state index is 14.2. The van der Waals surface area contributed by atoms with Crippen molar-refractivity contribution in [2.24, 2.45) is 0 Å². The number of nitrogens with zero attached hydrogens (tertiary/aromatic N) is 3. The topological polar surface area (TPSA) is 61.9 Å². The molecule has 29 heavy (non-hydrogen) atoms. The number of benzene rings is 2. The number of aromatic amines is 1. The molecule has 0 atom stereocenters. The second kappa shape index (κ2) is 8.06. The Hall–Kier alpha value is -3.80. The molecule has 2 aromatic carbocycles. The van der Waals surface area contributed by atoms with Crippen molar-refractivity contribution in [3.63, 3.8) is 0 Å². The molecule has 4 rings (SSSR count). The van der Waals surface area contributed by atoms with Gasteiger partial charge >= 0.3 is 0 Å². The van der Waals surface area contributed by atoms with Crippen LogP contribution >= 0.6 is 0 Å². The van der Waals surface area contributed by atoms with Gasteiger partial charge < -0.3 is 4.90 Å². The van der Waals surface area contributed by atoms with Crippen molar-refractivity contribution in [1.82, 2.24) is 20.1 Å². The molecule has 0 saturated carbocycles. The molecule has 0 aliphatic heterocycles. The van der Waals surface area contributed by atoms with Crippen molar-refractivity contribution >= 4 is 5.91 Å². The van der Waals surface area contributed by atoms with Crippen LogP contribution in [0.5, 0.6) is 0 Å². The number of pyridine rings is 1. The molecule has 0 radical (unpaired) electrons. The van der Waals surface area contributed by atoms with Crippen molar-refractivity contribution in [3.8, 4) is 22.4 Å². The minimum atomic E-state index is -0.462. The lowest BCUT2D eigenvalue weighted by atomic mass is 10.0. The molecule has 1 N–H and O–H groups in total. The number of carbonyl (C=O) groups is 1. The molecule has 0 spiro atoms. The lowest BCUT2D eigenvalue weighted by Crippen LogP contribution is -2.26. The van der Waals surface area contributed by atoms with Crippen LogP contribution in [-0.4, -0.2) is 33.0 Å². The molecule has 144 valence electrons. The van der Waals surface area contributed by atoms with Crippen LogP contribution in [0.2, 0.25) is 0 Å². The van der Waals surface area contributed by atoms with E-state index in [2.05, 4.69) is 15.2 Å². The van der Waals surface area contributed by atoms with Gasteiger partial charge in [-0.1, -0.05) is 36.4 Å². The Morgan fingerprint density at radius 1 is 1.00 bits per heavy atom. The molecule has 2 heterocycles. The van der Waals surface area contributed by atoms with E-state index in [0.717, 1.165) is 22.4 Å². The van der Waals surface area contributed by atoms with Crippen LogP contribution in [0.4, 0.5) is 4.39 Å².